The number of hydrogen-bond acceptors (Lipinski definition) is 6. The van der Waals surface area contributed by atoms with Gasteiger partial charge < -0.3 is 10.4 Å². The minimum Gasteiger partial charge on any atom is -0.396 e. The summed E-state index contributed by atoms with van der Waals surface area (Å²) in [7, 11) is 0. The van der Waals surface area contributed by atoms with Gasteiger partial charge >= 0.3 is 6.18 Å². The molecule has 4 N–H and O–H groups in total. The average Bonchev–Trinajstić information content (AvgIpc) is 2.53. The SMILES string of the molecule is OCCCNc1nc(NNc2ccc(Cl)cc2Cl)cc(C(F)(F)F)n1. The first-order valence-electron chi connectivity index (χ1n) is 7.07. The average molecular weight is 396 g/mol. The van der Waals surface area contributed by atoms with E-state index in [4.69, 9.17) is 28.3 Å². The van der Waals surface area contributed by atoms with Crippen molar-refractivity contribution in [3.63, 3.8) is 0 Å². The summed E-state index contributed by atoms with van der Waals surface area (Å²) in [4.78, 5) is 7.35. The van der Waals surface area contributed by atoms with Crippen LogP contribution in [0.25, 0.3) is 0 Å². The molecule has 0 bridgehead atoms. The molecule has 6 nitrogen and oxygen atoms in total. The molecule has 2 aromatic rings. The zero-order valence-electron chi connectivity index (χ0n) is 12.7. The van der Waals surface area contributed by atoms with Crippen LogP contribution in [0.3, 0.4) is 0 Å². The number of hydrazine groups is 1. The van der Waals surface area contributed by atoms with E-state index in [1.165, 1.54) is 6.07 Å². The summed E-state index contributed by atoms with van der Waals surface area (Å²) >= 11 is 11.8. The lowest BCUT2D eigenvalue weighted by Crippen LogP contribution is -2.17. The van der Waals surface area contributed by atoms with Crippen LogP contribution < -0.4 is 16.2 Å². The van der Waals surface area contributed by atoms with Crippen LogP contribution in [0.1, 0.15) is 12.1 Å². The second-order valence-electron chi connectivity index (χ2n) is 4.84. The molecule has 25 heavy (non-hydrogen) atoms. The summed E-state index contributed by atoms with van der Waals surface area (Å²) in [5.41, 5.74) is 4.51. The van der Waals surface area contributed by atoms with Crippen LogP contribution in [0, 0.1) is 0 Å². The molecule has 0 aliphatic heterocycles. The van der Waals surface area contributed by atoms with E-state index in [0.717, 1.165) is 6.07 Å². The summed E-state index contributed by atoms with van der Waals surface area (Å²) in [6.45, 7) is 0.126. The zero-order chi connectivity index (χ0) is 18.4. The van der Waals surface area contributed by atoms with Crippen molar-refractivity contribution < 1.29 is 18.3 Å². The van der Waals surface area contributed by atoms with Gasteiger partial charge in [-0.2, -0.15) is 18.2 Å². The monoisotopic (exact) mass is 395 g/mol. The molecule has 11 heteroatoms. The molecule has 0 atom stereocenters. The number of halogens is 5. The molecule has 0 aliphatic carbocycles. The molecule has 0 aliphatic rings. The summed E-state index contributed by atoms with van der Waals surface area (Å²) in [5, 5.41) is 12.1. The predicted molar refractivity (Wildman–Crippen MR) is 90.9 cm³/mol. The molecule has 1 heterocycles. The molecule has 0 radical (unpaired) electrons. The van der Waals surface area contributed by atoms with E-state index in [-0.39, 0.29) is 29.9 Å². The Labute approximate surface area is 151 Å². The number of hydrogen-bond donors (Lipinski definition) is 4. The van der Waals surface area contributed by atoms with Gasteiger partial charge in [0.05, 0.1) is 10.7 Å². The van der Waals surface area contributed by atoms with Crippen molar-refractivity contribution in [2.45, 2.75) is 12.6 Å². The van der Waals surface area contributed by atoms with E-state index in [1.807, 2.05) is 0 Å². The lowest BCUT2D eigenvalue weighted by molar-refractivity contribution is -0.141. The smallest absolute Gasteiger partial charge is 0.396 e. The van der Waals surface area contributed by atoms with Crippen LogP contribution in [0.5, 0.6) is 0 Å². The highest BCUT2D eigenvalue weighted by atomic mass is 35.5. The lowest BCUT2D eigenvalue weighted by atomic mass is 10.3. The third kappa shape index (κ3) is 5.80. The number of benzene rings is 1. The highest BCUT2D eigenvalue weighted by Crippen LogP contribution is 2.30. The quantitative estimate of drug-likeness (QED) is 0.418. The number of rotatable bonds is 7. The van der Waals surface area contributed by atoms with Gasteiger partial charge in [-0.3, -0.25) is 10.9 Å². The Morgan fingerprint density at radius 3 is 2.48 bits per heavy atom. The molecular weight excluding hydrogens is 382 g/mol. The van der Waals surface area contributed by atoms with Gasteiger partial charge in [0, 0.05) is 24.2 Å². The number of aliphatic hydroxyl groups is 1. The maximum Gasteiger partial charge on any atom is 0.433 e. The van der Waals surface area contributed by atoms with Gasteiger partial charge in [0.15, 0.2) is 11.5 Å². The highest BCUT2D eigenvalue weighted by molar-refractivity contribution is 6.36. The van der Waals surface area contributed by atoms with E-state index in [2.05, 4.69) is 26.1 Å². The molecule has 0 spiro atoms. The van der Waals surface area contributed by atoms with Crippen molar-refractivity contribution >= 4 is 40.7 Å². The van der Waals surface area contributed by atoms with Crippen molar-refractivity contribution in [2.24, 2.45) is 0 Å². The van der Waals surface area contributed by atoms with Crippen molar-refractivity contribution in [3.8, 4) is 0 Å². The number of anilines is 3. The largest absolute Gasteiger partial charge is 0.433 e. The molecule has 2 rings (SSSR count). The Morgan fingerprint density at radius 2 is 1.84 bits per heavy atom. The van der Waals surface area contributed by atoms with Gasteiger partial charge in [0.2, 0.25) is 5.95 Å². The van der Waals surface area contributed by atoms with Crippen LogP contribution in [0.2, 0.25) is 10.0 Å². The molecule has 0 unspecified atom stereocenters. The molecule has 0 amide bonds. The molecule has 0 saturated heterocycles. The summed E-state index contributed by atoms with van der Waals surface area (Å²) < 4.78 is 38.9. The van der Waals surface area contributed by atoms with Crippen LogP contribution in [-0.2, 0) is 6.18 Å². The first-order valence-corrected chi connectivity index (χ1v) is 7.83. The molecule has 0 fully saturated rings. The lowest BCUT2D eigenvalue weighted by Gasteiger charge is -2.14. The fourth-order valence-electron chi connectivity index (χ4n) is 1.74. The summed E-state index contributed by atoms with van der Waals surface area (Å²) in [6.07, 6.45) is -4.29. The maximum absolute atomic E-state index is 13.0. The Kier molecular flexibility index (Phi) is 6.51. The predicted octanol–water partition coefficient (Wildman–Crippen LogP) is 4.04. The van der Waals surface area contributed by atoms with Gasteiger partial charge in [-0.15, -0.1) is 0 Å². The maximum atomic E-state index is 13.0. The number of nitrogens with one attached hydrogen (secondary N) is 3. The minimum atomic E-state index is -4.63. The van der Waals surface area contributed by atoms with E-state index >= 15 is 0 Å². The minimum absolute atomic E-state index is 0.103. The fraction of sp³-hybridized carbons (Fsp3) is 0.286. The van der Waals surface area contributed by atoms with Gasteiger partial charge in [-0.05, 0) is 24.6 Å². The zero-order valence-corrected chi connectivity index (χ0v) is 14.2. The van der Waals surface area contributed by atoms with Crippen molar-refractivity contribution in [1.82, 2.24) is 9.97 Å². The third-order valence-electron chi connectivity index (χ3n) is 2.89. The highest BCUT2D eigenvalue weighted by Gasteiger charge is 2.33. The second kappa shape index (κ2) is 8.41. The van der Waals surface area contributed by atoms with Crippen LogP contribution in [0.4, 0.5) is 30.6 Å². The van der Waals surface area contributed by atoms with E-state index < -0.39 is 11.9 Å². The van der Waals surface area contributed by atoms with Crippen molar-refractivity contribution in [2.75, 3.05) is 29.3 Å². The molecule has 136 valence electrons. The Bertz CT molecular complexity index is 730. The van der Waals surface area contributed by atoms with E-state index in [1.54, 1.807) is 12.1 Å². The third-order valence-corrected chi connectivity index (χ3v) is 3.44. The standard InChI is InChI=1S/C14H14Cl2F3N5O/c15-8-2-3-10(9(16)6-8)23-24-12-7-11(14(17,18)19)21-13(22-12)20-4-1-5-25/h2-3,6-7,23,25H,1,4-5H2,(H2,20,21,22,24). The summed E-state index contributed by atoms with van der Waals surface area (Å²) in [5.74, 6) is -0.324. The topological polar surface area (TPSA) is 82.1 Å². The number of nitrogens with zero attached hydrogens (tertiary/aromatic N) is 2. The van der Waals surface area contributed by atoms with Crippen LogP contribution in [0.15, 0.2) is 24.3 Å². The normalized spacial score (nSPS) is 11.3. The van der Waals surface area contributed by atoms with Crippen LogP contribution >= 0.6 is 23.2 Å². The van der Waals surface area contributed by atoms with Gasteiger partial charge in [-0.25, -0.2) is 4.98 Å². The van der Waals surface area contributed by atoms with Crippen molar-refractivity contribution in [1.29, 1.82) is 0 Å². The first kappa shape index (κ1) is 19.4. The Balaban J connectivity index is 2.18. The molecule has 1 aromatic heterocycles. The van der Waals surface area contributed by atoms with Crippen molar-refractivity contribution in [3.05, 3.63) is 40.0 Å². The number of alkyl halides is 3. The molecule has 1 aromatic carbocycles. The Morgan fingerprint density at radius 1 is 1.08 bits per heavy atom. The van der Waals surface area contributed by atoms with E-state index in [0.29, 0.717) is 17.1 Å². The first-order chi connectivity index (χ1) is 11.8. The number of aliphatic hydroxyl groups excluding tert-OH is 1. The molecular formula is C14H14Cl2F3N5O. The van der Waals surface area contributed by atoms with Gasteiger partial charge in [0.25, 0.3) is 0 Å². The number of aromatic nitrogens is 2. The summed E-state index contributed by atoms with van der Waals surface area (Å²) in [6, 6.07) is 5.37. The van der Waals surface area contributed by atoms with E-state index in [9.17, 15) is 13.2 Å². The van der Waals surface area contributed by atoms with Crippen LogP contribution in [-0.4, -0.2) is 28.2 Å². The second-order valence-corrected chi connectivity index (χ2v) is 5.68. The Hall–Kier alpha value is -1.97. The molecule has 0 saturated carbocycles. The van der Waals surface area contributed by atoms with Gasteiger partial charge in [-0.1, -0.05) is 23.2 Å². The fourth-order valence-corrected chi connectivity index (χ4v) is 2.19. The van der Waals surface area contributed by atoms with Gasteiger partial charge in [0.1, 0.15) is 0 Å².